The summed E-state index contributed by atoms with van der Waals surface area (Å²) in [5.74, 6) is -2.64. The molecule has 0 fully saturated rings. The highest BCUT2D eigenvalue weighted by molar-refractivity contribution is 5.97. The number of likely N-dealkylation sites (N-methyl/N-ethyl adjacent to an activating group) is 1. The molecule has 0 aliphatic carbocycles. The van der Waals surface area contributed by atoms with E-state index in [1.54, 1.807) is 29.2 Å². The van der Waals surface area contributed by atoms with Gasteiger partial charge in [-0.3, -0.25) is 9.59 Å². The zero-order chi connectivity index (χ0) is 19.6. The van der Waals surface area contributed by atoms with Crippen LogP contribution in [-0.4, -0.2) is 36.0 Å². The van der Waals surface area contributed by atoms with E-state index in [1.165, 1.54) is 0 Å². The number of hydrogen-bond acceptors (Lipinski definition) is 2. The van der Waals surface area contributed by atoms with Gasteiger partial charge in [-0.2, -0.15) is 13.2 Å². The zero-order valence-electron chi connectivity index (χ0n) is 14.7. The van der Waals surface area contributed by atoms with Crippen LogP contribution >= 0.6 is 0 Å². The number of hydrogen-bond donors (Lipinski definition) is 1. The first-order valence-electron chi connectivity index (χ1n) is 8.64. The predicted octanol–water partition coefficient (Wildman–Crippen LogP) is 3.67. The van der Waals surface area contributed by atoms with Crippen LogP contribution in [0.25, 0.3) is 0 Å². The maximum absolute atomic E-state index is 12.9. The van der Waals surface area contributed by atoms with Crippen LogP contribution in [0.5, 0.6) is 0 Å². The predicted molar refractivity (Wildman–Crippen MR) is 94.1 cm³/mol. The molecule has 4 nitrogen and oxygen atoms in total. The molecule has 2 aromatic rings. The Balaban J connectivity index is 2.04. The van der Waals surface area contributed by atoms with Crippen molar-refractivity contribution in [2.45, 2.75) is 25.1 Å². The summed E-state index contributed by atoms with van der Waals surface area (Å²) in [5, 5.41) is 1.99. The van der Waals surface area contributed by atoms with Gasteiger partial charge in [-0.15, -0.1) is 0 Å². The van der Waals surface area contributed by atoms with Crippen LogP contribution in [0.3, 0.4) is 0 Å². The van der Waals surface area contributed by atoms with Crippen LogP contribution in [0.4, 0.5) is 13.2 Å². The molecule has 1 aliphatic rings. The van der Waals surface area contributed by atoms with Gasteiger partial charge in [-0.25, -0.2) is 0 Å². The van der Waals surface area contributed by atoms with Crippen molar-refractivity contribution in [3.63, 3.8) is 0 Å². The first kappa shape index (κ1) is 18.9. The van der Waals surface area contributed by atoms with Crippen molar-refractivity contribution in [1.29, 1.82) is 0 Å². The molecule has 0 bridgehead atoms. The van der Waals surface area contributed by atoms with E-state index >= 15 is 0 Å². The topological polar surface area (TPSA) is 49.4 Å². The van der Waals surface area contributed by atoms with Gasteiger partial charge in [0.05, 0.1) is 6.04 Å². The van der Waals surface area contributed by atoms with Crippen LogP contribution in [0.15, 0.2) is 54.6 Å². The molecule has 0 aromatic heterocycles. The van der Waals surface area contributed by atoms with Crippen LogP contribution in [-0.2, 0) is 4.79 Å². The third-order valence-electron chi connectivity index (χ3n) is 4.79. The highest BCUT2D eigenvalue weighted by Crippen LogP contribution is 2.42. The van der Waals surface area contributed by atoms with Crippen LogP contribution in [0.2, 0.25) is 0 Å². The number of fused-ring (bicyclic) bond motifs is 1. The van der Waals surface area contributed by atoms with Gasteiger partial charge in [-0.05, 0) is 24.1 Å². The van der Waals surface area contributed by atoms with Crippen molar-refractivity contribution in [1.82, 2.24) is 10.2 Å². The number of alkyl halides is 3. The average Bonchev–Trinajstić information content (AvgIpc) is 2.66. The second-order valence-electron chi connectivity index (χ2n) is 6.35. The Bertz CT molecular complexity index is 837. The van der Waals surface area contributed by atoms with Gasteiger partial charge >= 0.3 is 12.1 Å². The summed E-state index contributed by atoms with van der Waals surface area (Å²) in [7, 11) is 0. The number of nitrogens with zero attached hydrogens (tertiary/aromatic N) is 1. The van der Waals surface area contributed by atoms with Gasteiger partial charge in [0.1, 0.15) is 0 Å². The fraction of sp³-hybridized carbons (Fsp3) is 0.300. The SMILES string of the molecule is CCN1C(=O)c2ccccc2[C@@H](CNC(=O)C(F)(F)F)[C@@H]1c1ccccc1. The number of nitrogens with one attached hydrogen (secondary N) is 1. The molecule has 0 radical (unpaired) electrons. The lowest BCUT2D eigenvalue weighted by Gasteiger charge is -2.42. The standard InChI is InChI=1S/C20H19F3N2O2/c1-2-25-17(13-8-4-3-5-9-13)16(12-24-19(27)20(21,22)23)14-10-6-7-11-15(14)18(25)26/h3-11,16-17H,2,12H2,1H3,(H,24,27)/t16-,17+/m1/s1. The van der Waals surface area contributed by atoms with Crippen molar-refractivity contribution >= 4 is 11.8 Å². The van der Waals surface area contributed by atoms with E-state index in [4.69, 9.17) is 0 Å². The fourth-order valence-corrected chi connectivity index (χ4v) is 3.61. The first-order valence-corrected chi connectivity index (χ1v) is 8.64. The van der Waals surface area contributed by atoms with E-state index in [9.17, 15) is 22.8 Å². The maximum Gasteiger partial charge on any atom is 0.471 e. The van der Waals surface area contributed by atoms with E-state index in [-0.39, 0.29) is 12.5 Å². The smallest absolute Gasteiger partial charge is 0.348 e. The van der Waals surface area contributed by atoms with E-state index < -0.39 is 24.0 Å². The molecule has 0 unspecified atom stereocenters. The second kappa shape index (κ2) is 7.42. The Kier molecular flexibility index (Phi) is 5.21. The third kappa shape index (κ3) is 3.67. The molecule has 0 saturated heterocycles. The number of amides is 2. The molecule has 1 heterocycles. The van der Waals surface area contributed by atoms with Gasteiger partial charge in [0.15, 0.2) is 0 Å². The monoisotopic (exact) mass is 376 g/mol. The zero-order valence-corrected chi connectivity index (χ0v) is 14.7. The number of carbonyl (C=O) groups excluding carboxylic acids is 2. The quantitative estimate of drug-likeness (QED) is 0.885. The largest absolute Gasteiger partial charge is 0.471 e. The molecule has 0 spiro atoms. The van der Waals surface area contributed by atoms with Gasteiger partial charge in [-0.1, -0.05) is 48.5 Å². The number of benzene rings is 2. The molecule has 3 rings (SSSR count). The Morgan fingerprint density at radius 1 is 1.07 bits per heavy atom. The molecule has 2 amide bonds. The summed E-state index contributed by atoms with van der Waals surface area (Å²) in [6, 6.07) is 15.6. The molecule has 142 valence electrons. The molecule has 1 aliphatic heterocycles. The molecular weight excluding hydrogens is 357 g/mol. The van der Waals surface area contributed by atoms with E-state index in [1.807, 2.05) is 42.6 Å². The fourth-order valence-electron chi connectivity index (χ4n) is 3.61. The molecule has 1 N–H and O–H groups in total. The van der Waals surface area contributed by atoms with Gasteiger partial charge in [0, 0.05) is 24.6 Å². The number of halogens is 3. The lowest BCUT2D eigenvalue weighted by Crippen LogP contribution is -2.47. The molecule has 7 heteroatoms. The minimum absolute atomic E-state index is 0.166. The average molecular weight is 376 g/mol. The minimum Gasteiger partial charge on any atom is -0.348 e. The van der Waals surface area contributed by atoms with Crippen LogP contribution < -0.4 is 5.32 Å². The highest BCUT2D eigenvalue weighted by atomic mass is 19.4. The summed E-state index contributed by atoms with van der Waals surface area (Å²) in [4.78, 5) is 25.9. The molecule has 27 heavy (non-hydrogen) atoms. The number of rotatable bonds is 4. The van der Waals surface area contributed by atoms with E-state index in [0.717, 1.165) is 5.56 Å². The first-order chi connectivity index (χ1) is 12.8. The van der Waals surface area contributed by atoms with E-state index in [0.29, 0.717) is 17.7 Å². The Hall–Kier alpha value is -2.83. The normalized spacial score (nSPS) is 19.6. The summed E-state index contributed by atoms with van der Waals surface area (Å²) < 4.78 is 37.9. The van der Waals surface area contributed by atoms with Crippen molar-refractivity contribution in [3.05, 3.63) is 71.3 Å². The van der Waals surface area contributed by atoms with E-state index in [2.05, 4.69) is 0 Å². The van der Waals surface area contributed by atoms with Crippen LogP contribution in [0, 0.1) is 0 Å². The third-order valence-corrected chi connectivity index (χ3v) is 4.79. The van der Waals surface area contributed by atoms with Crippen molar-refractivity contribution in [2.24, 2.45) is 0 Å². The second-order valence-corrected chi connectivity index (χ2v) is 6.35. The summed E-state index contributed by atoms with van der Waals surface area (Å²) >= 11 is 0. The Labute approximate surface area is 155 Å². The van der Waals surface area contributed by atoms with Crippen molar-refractivity contribution in [2.75, 3.05) is 13.1 Å². The highest BCUT2D eigenvalue weighted by Gasteiger charge is 2.42. The van der Waals surface area contributed by atoms with Crippen LogP contribution in [0.1, 0.15) is 40.4 Å². The molecule has 2 atom stereocenters. The lowest BCUT2D eigenvalue weighted by molar-refractivity contribution is -0.173. The number of carbonyl (C=O) groups is 2. The van der Waals surface area contributed by atoms with Gasteiger partial charge in [0.2, 0.25) is 0 Å². The summed E-state index contributed by atoms with van der Waals surface area (Å²) in [6.07, 6.45) is -4.95. The maximum atomic E-state index is 12.9. The Morgan fingerprint density at radius 2 is 1.70 bits per heavy atom. The summed E-state index contributed by atoms with van der Waals surface area (Å²) in [5.41, 5.74) is 1.91. The van der Waals surface area contributed by atoms with Crippen molar-refractivity contribution in [3.8, 4) is 0 Å². The molecular formula is C20H19F3N2O2. The van der Waals surface area contributed by atoms with Gasteiger partial charge < -0.3 is 10.2 Å². The Morgan fingerprint density at radius 3 is 2.33 bits per heavy atom. The molecule has 2 aromatic carbocycles. The molecule has 0 saturated carbocycles. The lowest BCUT2D eigenvalue weighted by atomic mass is 9.79. The van der Waals surface area contributed by atoms with Gasteiger partial charge in [0.25, 0.3) is 5.91 Å². The summed E-state index contributed by atoms with van der Waals surface area (Å²) in [6.45, 7) is 2.00. The van der Waals surface area contributed by atoms with Crippen molar-refractivity contribution < 1.29 is 22.8 Å². The minimum atomic E-state index is -4.95.